The molecule has 0 saturated heterocycles. The minimum absolute atomic E-state index is 0.122. The van der Waals surface area contributed by atoms with Gasteiger partial charge in [-0.25, -0.2) is 8.42 Å². The molecule has 0 bridgehead atoms. The van der Waals surface area contributed by atoms with Crippen LogP contribution in [0.1, 0.15) is 39.4 Å². The third kappa shape index (κ3) is 4.99. The predicted molar refractivity (Wildman–Crippen MR) is 147 cm³/mol. The van der Waals surface area contributed by atoms with Crippen molar-refractivity contribution in [2.75, 3.05) is 7.11 Å². The number of hydrogen-bond acceptors (Lipinski definition) is 5. The van der Waals surface area contributed by atoms with Gasteiger partial charge in [-0.05, 0) is 66.8 Å². The van der Waals surface area contributed by atoms with Gasteiger partial charge in [0, 0.05) is 12.1 Å². The Balaban J connectivity index is 1.61. The van der Waals surface area contributed by atoms with Crippen LogP contribution in [0.3, 0.4) is 0 Å². The van der Waals surface area contributed by atoms with Gasteiger partial charge in [-0.2, -0.15) is 4.31 Å². The second kappa shape index (κ2) is 10.5. The lowest BCUT2D eigenvalue weighted by molar-refractivity contribution is 0.258. The Hall–Kier alpha value is -3.81. The Morgan fingerprint density at radius 3 is 2.37 bits per heavy atom. The standard InChI is InChI=1S/C31H31NO5S/c1-21-9-13-26(14-10-21)38(34,35)32-19-27-24(18-28(32)25-11-15-29(33)22(2)17-25)12-16-30(36-3)31(27)37-20-23-7-5-4-6-8-23/h4-17,28,33H,18-20H2,1-3H3. The summed E-state index contributed by atoms with van der Waals surface area (Å²) in [5.74, 6) is 1.30. The minimum atomic E-state index is -3.87. The molecule has 1 heterocycles. The monoisotopic (exact) mass is 529 g/mol. The summed E-state index contributed by atoms with van der Waals surface area (Å²) < 4.78 is 41.7. The highest BCUT2D eigenvalue weighted by molar-refractivity contribution is 7.89. The van der Waals surface area contributed by atoms with Crippen LogP contribution in [0.4, 0.5) is 0 Å². The van der Waals surface area contributed by atoms with Crippen molar-refractivity contribution >= 4 is 10.0 Å². The number of nitrogens with zero attached hydrogens (tertiary/aromatic N) is 1. The van der Waals surface area contributed by atoms with Crippen LogP contribution in [0.15, 0.2) is 89.8 Å². The van der Waals surface area contributed by atoms with Gasteiger partial charge in [-0.15, -0.1) is 0 Å². The van der Waals surface area contributed by atoms with Crippen molar-refractivity contribution in [3.8, 4) is 17.2 Å². The Labute approximate surface area is 224 Å². The molecule has 0 spiro atoms. The van der Waals surface area contributed by atoms with Crippen LogP contribution in [-0.4, -0.2) is 24.9 Å². The van der Waals surface area contributed by atoms with Gasteiger partial charge in [-0.3, -0.25) is 0 Å². The van der Waals surface area contributed by atoms with E-state index in [1.165, 1.54) is 0 Å². The average molecular weight is 530 g/mol. The molecule has 1 aliphatic heterocycles. The van der Waals surface area contributed by atoms with Crippen LogP contribution in [0, 0.1) is 13.8 Å². The second-order valence-electron chi connectivity index (χ2n) is 9.64. The lowest BCUT2D eigenvalue weighted by Gasteiger charge is -2.37. The third-order valence-corrected chi connectivity index (χ3v) is 8.94. The third-order valence-electron chi connectivity index (χ3n) is 7.08. The molecule has 4 aromatic carbocycles. The molecule has 6 nitrogen and oxygen atoms in total. The topological polar surface area (TPSA) is 76.1 Å². The fourth-order valence-corrected chi connectivity index (χ4v) is 6.49. The van der Waals surface area contributed by atoms with Crippen LogP contribution in [0.2, 0.25) is 0 Å². The zero-order valence-electron chi connectivity index (χ0n) is 21.7. The van der Waals surface area contributed by atoms with Gasteiger partial charge >= 0.3 is 0 Å². The van der Waals surface area contributed by atoms with E-state index in [0.717, 1.165) is 27.8 Å². The summed E-state index contributed by atoms with van der Waals surface area (Å²) in [7, 11) is -2.28. The first-order valence-electron chi connectivity index (χ1n) is 12.5. The molecule has 4 aromatic rings. The molecular weight excluding hydrogens is 498 g/mol. The number of hydrogen-bond donors (Lipinski definition) is 1. The molecule has 5 rings (SSSR count). The van der Waals surface area contributed by atoms with Gasteiger partial charge in [0.05, 0.1) is 18.0 Å². The Kier molecular flexibility index (Phi) is 7.15. The maximum Gasteiger partial charge on any atom is 0.243 e. The fraction of sp³-hybridized carbons (Fsp3) is 0.226. The first kappa shape index (κ1) is 25.8. The zero-order valence-corrected chi connectivity index (χ0v) is 22.5. The van der Waals surface area contributed by atoms with Crippen molar-refractivity contribution in [2.45, 2.75) is 44.4 Å². The summed E-state index contributed by atoms with van der Waals surface area (Å²) in [6.07, 6.45) is 0.455. The Morgan fingerprint density at radius 1 is 0.947 bits per heavy atom. The number of phenolic OH excluding ortho intramolecular Hbond substituents is 1. The molecule has 1 unspecified atom stereocenters. The van der Waals surface area contributed by atoms with Crippen molar-refractivity contribution in [3.63, 3.8) is 0 Å². The van der Waals surface area contributed by atoms with Gasteiger partial charge in [0.1, 0.15) is 12.4 Å². The van der Waals surface area contributed by atoms with Crippen LogP contribution in [0.5, 0.6) is 17.2 Å². The van der Waals surface area contributed by atoms with E-state index >= 15 is 0 Å². The van der Waals surface area contributed by atoms with E-state index in [1.54, 1.807) is 35.7 Å². The fourth-order valence-electron chi connectivity index (χ4n) is 4.90. The number of benzene rings is 4. The summed E-state index contributed by atoms with van der Waals surface area (Å²) in [6.45, 7) is 4.20. The van der Waals surface area contributed by atoms with Crippen molar-refractivity contribution < 1.29 is 23.0 Å². The lowest BCUT2D eigenvalue weighted by Crippen LogP contribution is -2.39. The van der Waals surface area contributed by atoms with E-state index in [0.29, 0.717) is 30.1 Å². The van der Waals surface area contributed by atoms with E-state index < -0.39 is 16.1 Å². The van der Waals surface area contributed by atoms with E-state index in [9.17, 15) is 13.5 Å². The number of fused-ring (bicyclic) bond motifs is 1. The molecule has 7 heteroatoms. The molecule has 1 N–H and O–H groups in total. The van der Waals surface area contributed by atoms with Gasteiger partial charge in [-0.1, -0.05) is 66.2 Å². The first-order valence-corrected chi connectivity index (χ1v) is 14.0. The van der Waals surface area contributed by atoms with Crippen LogP contribution < -0.4 is 9.47 Å². The highest BCUT2D eigenvalue weighted by atomic mass is 32.2. The zero-order chi connectivity index (χ0) is 26.9. The molecule has 0 amide bonds. The lowest BCUT2D eigenvalue weighted by atomic mass is 9.90. The number of phenols is 1. The highest BCUT2D eigenvalue weighted by Crippen LogP contribution is 2.44. The maximum absolute atomic E-state index is 14.1. The van der Waals surface area contributed by atoms with Crippen molar-refractivity contribution in [3.05, 3.63) is 118 Å². The molecule has 1 aliphatic rings. The van der Waals surface area contributed by atoms with Gasteiger partial charge < -0.3 is 14.6 Å². The van der Waals surface area contributed by atoms with E-state index in [2.05, 4.69) is 0 Å². The number of aromatic hydroxyl groups is 1. The molecule has 0 radical (unpaired) electrons. The summed E-state index contributed by atoms with van der Waals surface area (Å²) in [4.78, 5) is 0.238. The maximum atomic E-state index is 14.1. The molecule has 196 valence electrons. The normalized spacial score (nSPS) is 15.6. The smallest absolute Gasteiger partial charge is 0.243 e. The molecule has 0 saturated carbocycles. The summed E-state index contributed by atoms with van der Waals surface area (Å²) in [5, 5.41) is 10.1. The molecule has 1 atom stereocenters. The number of aryl methyl sites for hydroxylation is 2. The van der Waals surface area contributed by atoms with Gasteiger partial charge in [0.2, 0.25) is 10.0 Å². The van der Waals surface area contributed by atoms with Gasteiger partial charge in [0.15, 0.2) is 11.5 Å². The van der Waals surface area contributed by atoms with Crippen molar-refractivity contribution in [1.29, 1.82) is 0 Å². The average Bonchev–Trinajstić information content (AvgIpc) is 2.93. The molecule has 0 fully saturated rings. The number of rotatable bonds is 7. The summed E-state index contributed by atoms with van der Waals surface area (Å²) in [5.41, 5.74) is 5.30. The summed E-state index contributed by atoms with van der Waals surface area (Å²) in [6, 6.07) is 25.4. The van der Waals surface area contributed by atoms with Crippen LogP contribution in [-0.2, 0) is 29.6 Å². The molecular formula is C31H31NO5S. The minimum Gasteiger partial charge on any atom is -0.508 e. The Morgan fingerprint density at radius 2 is 1.68 bits per heavy atom. The van der Waals surface area contributed by atoms with E-state index in [-0.39, 0.29) is 17.2 Å². The first-order chi connectivity index (χ1) is 18.3. The Bertz CT molecular complexity index is 1550. The highest BCUT2D eigenvalue weighted by Gasteiger charge is 2.38. The number of methoxy groups -OCH3 is 1. The van der Waals surface area contributed by atoms with Crippen LogP contribution in [0.25, 0.3) is 0 Å². The SMILES string of the molecule is COc1ccc2c(c1OCc1ccccc1)CN(S(=O)(=O)c1ccc(C)cc1)C(c1ccc(O)c(C)c1)C2. The van der Waals surface area contributed by atoms with Crippen molar-refractivity contribution in [1.82, 2.24) is 4.31 Å². The largest absolute Gasteiger partial charge is 0.508 e. The molecule has 38 heavy (non-hydrogen) atoms. The summed E-state index contributed by atoms with van der Waals surface area (Å²) >= 11 is 0. The van der Waals surface area contributed by atoms with Crippen LogP contribution >= 0.6 is 0 Å². The second-order valence-corrected chi connectivity index (χ2v) is 11.5. The van der Waals surface area contributed by atoms with E-state index in [4.69, 9.17) is 9.47 Å². The number of ether oxygens (including phenoxy) is 2. The quantitative estimate of drug-likeness (QED) is 0.314. The predicted octanol–water partition coefficient (Wildman–Crippen LogP) is 6.08. The number of sulfonamides is 1. The molecule has 0 aliphatic carbocycles. The van der Waals surface area contributed by atoms with Crippen molar-refractivity contribution in [2.24, 2.45) is 0 Å². The van der Waals surface area contributed by atoms with E-state index in [1.807, 2.05) is 74.5 Å². The molecule has 0 aromatic heterocycles. The van der Waals surface area contributed by atoms with Gasteiger partial charge in [0.25, 0.3) is 0 Å².